The van der Waals surface area contributed by atoms with Gasteiger partial charge in [0.15, 0.2) is 11.5 Å². The average Bonchev–Trinajstić information content (AvgIpc) is 2.42. The Kier molecular flexibility index (Phi) is 2.03. The lowest BCUT2D eigenvalue weighted by Crippen LogP contribution is -2.06. The van der Waals surface area contributed by atoms with Gasteiger partial charge in [-0.3, -0.25) is 0 Å². The van der Waals surface area contributed by atoms with Crippen LogP contribution < -0.4 is 9.47 Å². The maximum atomic E-state index is 10.6. The van der Waals surface area contributed by atoms with Gasteiger partial charge >= 0.3 is 5.97 Å². The van der Waals surface area contributed by atoms with E-state index in [1.807, 2.05) is 22.6 Å². The summed E-state index contributed by atoms with van der Waals surface area (Å²) in [7, 11) is 0. The van der Waals surface area contributed by atoms with Gasteiger partial charge in [-0.2, -0.15) is 0 Å². The molecular formula is C8H5IO4. The van der Waals surface area contributed by atoms with Gasteiger partial charge in [-0.1, -0.05) is 0 Å². The Hall–Kier alpha value is -0.980. The number of ether oxygens (including phenoxy) is 2. The highest BCUT2D eigenvalue weighted by Crippen LogP contribution is 2.36. The molecule has 1 unspecified atom stereocenters. The van der Waals surface area contributed by atoms with Crippen molar-refractivity contribution in [1.29, 1.82) is 0 Å². The van der Waals surface area contributed by atoms with Crippen molar-refractivity contribution in [2.45, 2.75) is 4.30 Å². The number of carbonyl (C=O) groups is 1. The summed E-state index contributed by atoms with van der Waals surface area (Å²) in [6, 6.07) is 4.53. The third-order valence-electron chi connectivity index (χ3n) is 1.63. The summed E-state index contributed by atoms with van der Waals surface area (Å²) in [6.45, 7) is 0. The lowest BCUT2D eigenvalue weighted by molar-refractivity contribution is 0.0696. The van der Waals surface area contributed by atoms with Gasteiger partial charge in [-0.05, 0) is 18.2 Å². The van der Waals surface area contributed by atoms with Crippen LogP contribution in [0.1, 0.15) is 10.4 Å². The maximum absolute atomic E-state index is 10.6. The van der Waals surface area contributed by atoms with Crippen LogP contribution in [0.3, 0.4) is 0 Å². The zero-order valence-corrected chi connectivity index (χ0v) is 8.52. The highest BCUT2D eigenvalue weighted by atomic mass is 127. The smallest absolute Gasteiger partial charge is 0.335 e. The molecule has 2 rings (SSSR count). The summed E-state index contributed by atoms with van der Waals surface area (Å²) in [5.74, 6) is 0.104. The number of halogens is 1. The molecule has 5 heteroatoms. The van der Waals surface area contributed by atoms with Crippen molar-refractivity contribution in [3.05, 3.63) is 23.8 Å². The normalized spacial score (nSPS) is 18.7. The molecule has 0 bridgehead atoms. The molecule has 13 heavy (non-hydrogen) atoms. The first-order valence-corrected chi connectivity index (χ1v) is 4.76. The standard InChI is InChI=1S/C8H5IO4/c9-8-12-5-2-1-4(7(10)11)3-6(5)13-8/h1-3,8H,(H,10,11). The number of alkyl halides is 1. The van der Waals surface area contributed by atoms with Gasteiger partial charge in [0.1, 0.15) is 0 Å². The fraction of sp³-hybridized carbons (Fsp3) is 0.125. The molecule has 0 aliphatic carbocycles. The molecule has 1 aromatic carbocycles. The quantitative estimate of drug-likeness (QED) is 0.634. The van der Waals surface area contributed by atoms with Crippen molar-refractivity contribution < 1.29 is 19.4 Å². The number of rotatable bonds is 1. The van der Waals surface area contributed by atoms with E-state index in [0.717, 1.165) is 0 Å². The summed E-state index contributed by atoms with van der Waals surface area (Å²) >= 11 is 1.96. The van der Waals surface area contributed by atoms with E-state index in [-0.39, 0.29) is 9.86 Å². The predicted octanol–water partition coefficient (Wildman–Crippen LogP) is 1.87. The first-order valence-electron chi connectivity index (χ1n) is 3.51. The second-order valence-electron chi connectivity index (χ2n) is 2.48. The van der Waals surface area contributed by atoms with Crippen LogP contribution >= 0.6 is 22.6 Å². The second-order valence-corrected chi connectivity index (χ2v) is 3.49. The fourth-order valence-corrected chi connectivity index (χ4v) is 1.60. The zero-order valence-electron chi connectivity index (χ0n) is 6.36. The molecule has 1 aliphatic rings. The SMILES string of the molecule is O=C(O)c1ccc2c(c1)OC(I)O2. The number of hydrogen-bond acceptors (Lipinski definition) is 3. The van der Waals surface area contributed by atoms with Crippen molar-refractivity contribution in [3.63, 3.8) is 0 Å². The van der Waals surface area contributed by atoms with Crippen LogP contribution in [-0.2, 0) is 0 Å². The molecule has 0 spiro atoms. The van der Waals surface area contributed by atoms with Crippen LogP contribution in [0.5, 0.6) is 11.5 Å². The molecule has 0 radical (unpaired) electrons. The molecule has 4 nitrogen and oxygen atoms in total. The molecule has 1 aliphatic heterocycles. The highest BCUT2D eigenvalue weighted by Gasteiger charge is 2.22. The van der Waals surface area contributed by atoms with Gasteiger partial charge in [0, 0.05) is 22.6 Å². The van der Waals surface area contributed by atoms with Crippen molar-refractivity contribution in [2.24, 2.45) is 0 Å². The lowest BCUT2D eigenvalue weighted by Gasteiger charge is -1.97. The highest BCUT2D eigenvalue weighted by molar-refractivity contribution is 14.1. The maximum Gasteiger partial charge on any atom is 0.335 e. The summed E-state index contributed by atoms with van der Waals surface area (Å²) in [6.07, 6.45) is 0. The van der Waals surface area contributed by atoms with Gasteiger partial charge in [-0.25, -0.2) is 4.79 Å². The van der Waals surface area contributed by atoms with E-state index in [0.29, 0.717) is 11.5 Å². The van der Waals surface area contributed by atoms with E-state index in [4.69, 9.17) is 14.6 Å². The van der Waals surface area contributed by atoms with Gasteiger partial charge < -0.3 is 14.6 Å². The molecule has 0 saturated carbocycles. The monoisotopic (exact) mass is 292 g/mol. The van der Waals surface area contributed by atoms with Crippen LogP contribution in [-0.4, -0.2) is 15.4 Å². The van der Waals surface area contributed by atoms with Crippen LogP contribution in [0.2, 0.25) is 0 Å². The minimum Gasteiger partial charge on any atom is -0.478 e. The molecule has 1 heterocycles. The van der Waals surface area contributed by atoms with Gasteiger partial charge in [-0.15, -0.1) is 0 Å². The van der Waals surface area contributed by atoms with Crippen molar-refractivity contribution in [2.75, 3.05) is 0 Å². The minimum absolute atomic E-state index is 0.202. The van der Waals surface area contributed by atoms with Crippen LogP contribution in [0, 0.1) is 0 Å². The van der Waals surface area contributed by atoms with Gasteiger partial charge in [0.2, 0.25) is 0 Å². The Balaban J connectivity index is 2.40. The molecular weight excluding hydrogens is 287 g/mol. The van der Waals surface area contributed by atoms with Crippen molar-refractivity contribution in [3.8, 4) is 11.5 Å². The van der Waals surface area contributed by atoms with Crippen molar-refractivity contribution >= 4 is 28.6 Å². The number of carboxylic acids is 1. The molecule has 0 fully saturated rings. The van der Waals surface area contributed by atoms with Gasteiger partial charge in [0.05, 0.1) is 5.56 Å². The Morgan fingerprint density at radius 3 is 2.77 bits per heavy atom. The van der Waals surface area contributed by atoms with Crippen LogP contribution in [0.15, 0.2) is 18.2 Å². The molecule has 0 aromatic heterocycles. The molecule has 0 saturated heterocycles. The van der Waals surface area contributed by atoms with E-state index < -0.39 is 5.97 Å². The minimum atomic E-state index is -0.969. The summed E-state index contributed by atoms with van der Waals surface area (Å²) in [4.78, 5) is 10.6. The largest absolute Gasteiger partial charge is 0.478 e. The number of carboxylic acid groups (broad SMARTS) is 1. The summed E-state index contributed by atoms with van der Waals surface area (Å²) in [5, 5.41) is 8.68. The molecule has 1 N–H and O–H groups in total. The van der Waals surface area contributed by atoms with Gasteiger partial charge in [0.25, 0.3) is 4.30 Å². The molecule has 0 amide bonds. The zero-order chi connectivity index (χ0) is 9.42. The Morgan fingerprint density at radius 1 is 1.38 bits per heavy atom. The molecule has 1 aromatic rings. The number of hydrogen-bond donors (Lipinski definition) is 1. The van der Waals surface area contributed by atoms with Crippen LogP contribution in [0.25, 0.3) is 0 Å². The third kappa shape index (κ3) is 1.55. The van der Waals surface area contributed by atoms with E-state index >= 15 is 0 Å². The number of benzene rings is 1. The van der Waals surface area contributed by atoms with Crippen molar-refractivity contribution in [1.82, 2.24) is 0 Å². The predicted molar refractivity (Wildman–Crippen MR) is 52.5 cm³/mol. The number of aromatic carboxylic acids is 1. The number of fused-ring (bicyclic) bond motifs is 1. The molecule has 1 atom stereocenters. The Bertz CT molecular complexity index is 363. The average molecular weight is 292 g/mol. The first kappa shape index (κ1) is 8.61. The Morgan fingerprint density at radius 2 is 2.08 bits per heavy atom. The summed E-state index contributed by atoms with van der Waals surface area (Å²) < 4.78 is 10.0. The van der Waals surface area contributed by atoms with E-state index in [2.05, 4.69) is 0 Å². The van der Waals surface area contributed by atoms with E-state index in [9.17, 15) is 4.79 Å². The third-order valence-corrected chi connectivity index (χ3v) is 2.14. The fourth-order valence-electron chi connectivity index (χ4n) is 1.05. The first-order chi connectivity index (χ1) is 6.16. The van der Waals surface area contributed by atoms with E-state index in [1.54, 1.807) is 6.07 Å². The lowest BCUT2D eigenvalue weighted by atomic mass is 10.2. The topological polar surface area (TPSA) is 55.8 Å². The van der Waals surface area contributed by atoms with Crippen LogP contribution in [0.4, 0.5) is 0 Å². The second kappa shape index (κ2) is 3.06. The van der Waals surface area contributed by atoms with E-state index in [1.165, 1.54) is 12.1 Å². The molecule has 68 valence electrons. The summed E-state index contributed by atoms with van der Waals surface area (Å²) in [5.41, 5.74) is 0.202. The Labute approximate surface area is 87.6 Å².